The van der Waals surface area contributed by atoms with E-state index in [0.717, 1.165) is 26.4 Å². The molecule has 0 radical (unpaired) electrons. The van der Waals surface area contributed by atoms with Crippen molar-refractivity contribution in [3.63, 3.8) is 0 Å². The number of hydrogen-bond acceptors (Lipinski definition) is 3. The van der Waals surface area contributed by atoms with Crippen LogP contribution in [0.5, 0.6) is 0 Å². The van der Waals surface area contributed by atoms with Crippen LogP contribution in [0.3, 0.4) is 0 Å². The molecule has 0 saturated carbocycles. The maximum Gasteiger partial charge on any atom is 0.123 e. The maximum atomic E-state index is 13.0. The first-order valence-electron chi connectivity index (χ1n) is 6.22. The van der Waals surface area contributed by atoms with Crippen LogP contribution >= 0.6 is 11.8 Å². The van der Waals surface area contributed by atoms with E-state index in [1.165, 1.54) is 12.1 Å². The molecule has 0 spiro atoms. The standard InChI is InChI=1S/C16H13FN2S/c1-10-8-16(20-13-5-2-11(17)3-6-13)14-9-12(18)4-7-15(14)19-10/h2-9H,18H2,1H3. The molecule has 0 aliphatic rings. The number of nitrogens with zero attached hydrogens (tertiary/aromatic N) is 1. The van der Waals surface area contributed by atoms with Gasteiger partial charge in [-0.2, -0.15) is 0 Å². The number of aromatic nitrogens is 1. The molecule has 0 saturated heterocycles. The molecule has 3 rings (SSSR count). The monoisotopic (exact) mass is 284 g/mol. The smallest absolute Gasteiger partial charge is 0.123 e. The summed E-state index contributed by atoms with van der Waals surface area (Å²) >= 11 is 1.59. The van der Waals surface area contributed by atoms with Crippen LogP contribution in [0.1, 0.15) is 5.69 Å². The van der Waals surface area contributed by atoms with Gasteiger partial charge < -0.3 is 5.73 Å². The van der Waals surface area contributed by atoms with Gasteiger partial charge >= 0.3 is 0 Å². The Hall–Kier alpha value is -2.07. The summed E-state index contributed by atoms with van der Waals surface area (Å²) in [6.07, 6.45) is 0. The van der Waals surface area contributed by atoms with Gasteiger partial charge in [0.1, 0.15) is 5.82 Å². The molecule has 0 aliphatic heterocycles. The lowest BCUT2D eigenvalue weighted by Gasteiger charge is -2.08. The first kappa shape index (κ1) is 12.9. The highest BCUT2D eigenvalue weighted by atomic mass is 32.2. The summed E-state index contributed by atoms with van der Waals surface area (Å²) < 4.78 is 13.0. The van der Waals surface area contributed by atoms with Crippen LogP contribution in [0.25, 0.3) is 10.9 Å². The van der Waals surface area contributed by atoms with Crippen LogP contribution in [0, 0.1) is 12.7 Å². The molecule has 20 heavy (non-hydrogen) atoms. The highest BCUT2D eigenvalue weighted by molar-refractivity contribution is 7.99. The van der Waals surface area contributed by atoms with Crippen LogP contribution in [-0.4, -0.2) is 4.98 Å². The van der Waals surface area contributed by atoms with Gasteiger partial charge in [0, 0.05) is 26.6 Å². The second kappa shape index (κ2) is 5.13. The molecule has 2 aromatic carbocycles. The Morgan fingerprint density at radius 2 is 1.80 bits per heavy atom. The summed E-state index contributed by atoms with van der Waals surface area (Å²) in [6, 6.07) is 14.2. The second-order valence-electron chi connectivity index (χ2n) is 4.59. The van der Waals surface area contributed by atoms with E-state index < -0.39 is 0 Å². The van der Waals surface area contributed by atoms with Crippen LogP contribution in [-0.2, 0) is 0 Å². The van der Waals surface area contributed by atoms with Crippen LogP contribution in [0.4, 0.5) is 10.1 Å². The van der Waals surface area contributed by atoms with E-state index in [2.05, 4.69) is 4.98 Å². The molecule has 0 unspecified atom stereocenters. The van der Waals surface area contributed by atoms with Crippen molar-refractivity contribution < 1.29 is 4.39 Å². The lowest BCUT2D eigenvalue weighted by molar-refractivity contribution is 0.626. The summed E-state index contributed by atoms with van der Waals surface area (Å²) in [7, 11) is 0. The minimum Gasteiger partial charge on any atom is -0.399 e. The molecule has 100 valence electrons. The molecule has 1 heterocycles. The topological polar surface area (TPSA) is 38.9 Å². The Morgan fingerprint density at radius 1 is 1.05 bits per heavy atom. The quantitative estimate of drug-likeness (QED) is 0.708. The number of anilines is 1. The molecule has 0 bridgehead atoms. The van der Waals surface area contributed by atoms with Crippen molar-refractivity contribution in [3.8, 4) is 0 Å². The van der Waals surface area contributed by atoms with Crippen molar-refractivity contribution >= 4 is 28.4 Å². The van der Waals surface area contributed by atoms with Gasteiger partial charge in [0.2, 0.25) is 0 Å². The zero-order chi connectivity index (χ0) is 14.1. The lowest BCUT2D eigenvalue weighted by Crippen LogP contribution is -1.90. The molecule has 2 nitrogen and oxygen atoms in total. The second-order valence-corrected chi connectivity index (χ2v) is 5.71. The van der Waals surface area contributed by atoms with E-state index in [1.807, 2.05) is 31.2 Å². The minimum atomic E-state index is -0.227. The van der Waals surface area contributed by atoms with Crippen molar-refractivity contribution in [1.82, 2.24) is 4.98 Å². The molecule has 0 amide bonds. The molecule has 3 aromatic rings. The molecule has 0 fully saturated rings. The van der Waals surface area contributed by atoms with Crippen LogP contribution in [0.15, 0.2) is 58.3 Å². The van der Waals surface area contributed by atoms with E-state index in [4.69, 9.17) is 5.73 Å². The maximum absolute atomic E-state index is 13.0. The highest BCUT2D eigenvalue weighted by Crippen LogP contribution is 2.34. The third-order valence-electron chi connectivity index (χ3n) is 2.96. The van der Waals surface area contributed by atoms with Crippen LogP contribution < -0.4 is 5.73 Å². The number of pyridine rings is 1. The third kappa shape index (κ3) is 2.60. The average Bonchev–Trinajstić information content (AvgIpc) is 2.42. The number of benzene rings is 2. The summed E-state index contributed by atoms with van der Waals surface area (Å²) in [5, 5.41) is 1.02. The molecule has 0 atom stereocenters. The van der Waals surface area contributed by atoms with Gasteiger partial charge in [-0.1, -0.05) is 11.8 Å². The Balaban J connectivity index is 2.10. The number of rotatable bonds is 2. The van der Waals surface area contributed by atoms with Gasteiger partial charge in [-0.25, -0.2) is 4.39 Å². The Morgan fingerprint density at radius 3 is 2.55 bits per heavy atom. The molecule has 2 N–H and O–H groups in total. The van der Waals surface area contributed by atoms with Gasteiger partial charge in [0.05, 0.1) is 5.52 Å². The summed E-state index contributed by atoms with van der Waals surface area (Å²) in [5.41, 5.74) is 8.44. The fourth-order valence-electron chi connectivity index (χ4n) is 2.05. The Bertz CT molecular complexity index is 769. The summed E-state index contributed by atoms with van der Waals surface area (Å²) in [5.74, 6) is -0.227. The SMILES string of the molecule is Cc1cc(Sc2ccc(F)cc2)c2cc(N)ccc2n1. The minimum absolute atomic E-state index is 0.227. The van der Waals surface area contributed by atoms with Crippen molar-refractivity contribution in [3.05, 3.63) is 60.0 Å². The van der Waals surface area contributed by atoms with E-state index >= 15 is 0 Å². The number of nitrogens with two attached hydrogens (primary N) is 1. The van der Waals surface area contributed by atoms with Gasteiger partial charge in [0.25, 0.3) is 0 Å². The van der Waals surface area contributed by atoms with E-state index in [0.29, 0.717) is 5.69 Å². The molecular weight excluding hydrogens is 271 g/mol. The molecule has 0 aliphatic carbocycles. The van der Waals surface area contributed by atoms with Gasteiger partial charge in [-0.15, -0.1) is 0 Å². The molecular formula is C16H13FN2S. The number of halogens is 1. The number of nitrogen functional groups attached to an aromatic ring is 1. The Kier molecular flexibility index (Phi) is 3.32. The first-order chi connectivity index (χ1) is 9.61. The van der Waals surface area contributed by atoms with Crippen molar-refractivity contribution in [1.29, 1.82) is 0 Å². The van der Waals surface area contributed by atoms with Crippen molar-refractivity contribution in [2.45, 2.75) is 16.7 Å². The average molecular weight is 284 g/mol. The van der Waals surface area contributed by atoms with E-state index in [9.17, 15) is 4.39 Å². The molecule has 4 heteroatoms. The number of hydrogen-bond donors (Lipinski definition) is 1. The fourth-order valence-corrected chi connectivity index (χ4v) is 3.08. The lowest BCUT2D eigenvalue weighted by atomic mass is 10.2. The van der Waals surface area contributed by atoms with Gasteiger partial charge in [0.15, 0.2) is 0 Å². The van der Waals surface area contributed by atoms with Crippen LogP contribution in [0.2, 0.25) is 0 Å². The zero-order valence-electron chi connectivity index (χ0n) is 10.9. The third-order valence-corrected chi connectivity index (χ3v) is 4.03. The number of aryl methyl sites for hydroxylation is 1. The fraction of sp³-hybridized carbons (Fsp3) is 0.0625. The Labute approximate surface area is 120 Å². The predicted octanol–water partition coefficient (Wildman–Crippen LogP) is 4.42. The molecule has 1 aromatic heterocycles. The van der Waals surface area contributed by atoms with Crippen molar-refractivity contribution in [2.75, 3.05) is 5.73 Å². The normalized spacial score (nSPS) is 10.9. The predicted molar refractivity (Wildman–Crippen MR) is 81.4 cm³/mol. The number of fused-ring (bicyclic) bond motifs is 1. The van der Waals surface area contributed by atoms with Crippen molar-refractivity contribution in [2.24, 2.45) is 0 Å². The largest absolute Gasteiger partial charge is 0.399 e. The first-order valence-corrected chi connectivity index (χ1v) is 7.04. The van der Waals surface area contributed by atoms with E-state index in [1.54, 1.807) is 23.9 Å². The highest BCUT2D eigenvalue weighted by Gasteiger charge is 2.06. The summed E-state index contributed by atoms with van der Waals surface area (Å²) in [4.78, 5) is 6.57. The van der Waals surface area contributed by atoms with E-state index in [-0.39, 0.29) is 5.82 Å². The van der Waals surface area contributed by atoms with Gasteiger partial charge in [-0.05, 0) is 55.5 Å². The summed E-state index contributed by atoms with van der Waals surface area (Å²) in [6.45, 7) is 1.96. The zero-order valence-corrected chi connectivity index (χ0v) is 11.7. The van der Waals surface area contributed by atoms with Gasteiger partial charge in [-0.3, -0.25) is 4.98 Å².